The summed E-state index contributed by atoms with van der Waals surface area (Å²) in [5, 5.41) is 0. The predicted molar refractivity (Wildman–Crippen MR) is 61.7 cm³/mol. The molecule has 2 fully saturated rings. The molecule has 102 valence electrons. The summed E-state index contributed by atoms with van der Waals surface area (Å²) in [6.45, 7) is 4.83. The SMILES string of the molecule is CCOC(=O)N1CCC(=O)C(C2OC(C)O2)CC1. The van der Waals surface area contributed by atoms with Crippen LogP contribution in [0.5, 0.6) is 0 Å². The van der Waals surface area contributed by atoms with Crippen molar-refractivity contribution in [1.29, 1.82) is 0 Å². The molecule has 0 bridgehead atoms. The third kappa shape index (κ3) is 2.81. The highest BCUT2D eigenvalue weighted by molar-refractivity contribution is 5.82. The molecule has 0 N–H and O–H groups in total. The molecule has 6 heteroatoms. The van der Waals surface area contributed by atoms with Gasteiger partial charge in [0.2, 0.25) is 0 Å². The molecule has 1 atom stereocenters. The van der Waals surface area contributed by atoms with Gasteiger partial charge in [-0.05, 0) is 20.3 Å². The van der Waals surface area contributed by atoms with Crippen molar-refractivity contribution in [2.24, 2.45) is 5.92 Å². The fourth-order valence-corrected chi connectivity index (χ4v) is 2.26. The minimum Gasteiger partial charge on any atom is -0.450 e. The minimum absolute atomic E-state index is 0.0960. The third-order valence-electron chi connectivity index (χ3n) is 3.26. The van der Waals surface area contributed by atoms with Gasteiger partial charge in [-0.15, -0.1) is 0 Å². The van der Waals surface area contributed by atoms with Gasteiger partial charge >= 0.3 is 6.09 Å². The molecule has 0 aromatic rings. The lowest BCUT2D eigenvalue weighted by atomic mass is 9.98. The number of hydrogen-bond donors (Lipinski definition) is 0. The maximum absolute atomic E-state index is 11.9. The van der Waals surface area contributed by atoms with E-state index < -0.39 is 6.29 Å². The molecule has 2 aliphatic rings. The second-order valence-electron chi connectivity index (χ2n) is 4.51. The summed E-state index contributed by atoms with van der Waals surface area (Å²) in [4.78, 5) is 25.1. The molecule has 2 rings (SSSR count). The fourth-order valence-electron chi connectivity index (χ4n) is 2.26. The van der Waals surface area contributed by atoms with Gasteiger partial charge < -0.3 is 19.1 Å². The van der Waals surface area contributed by atoms with E-state index in [-0.39, 0.29) is 24.1 Å². The number of ether oxygens (including phenoxy) is 3. The Balaban J connectivity index is 1.90. The summed E-state index contributed by atoms with van der Waals surface area (Å²) >= 11 is 0. The Morgan fingerprint density at radius 3 is 2.78 bits per heavy atom. The van der Waals surface area contributed by atoms with E-state index >= 15 is 0 Å². The average Bonchev–Trinajstić information content (AvgIpc) is 2.48. The molecule has 2 heterocycles. The van der Waals surface area contributed by atoms with Crippen molar-refractivity contribution in [3.8, 4) is 0 Å². The van der Waals surface area contributed by atoms with Crippen molar-refractivity contribution in [2.45, 2.75) is 39.3 Å². The number of rotatable bonds is 2. The molecule has 1 amide bonds. The Morgan fingerprint density at radius 1 is 1.44 bits per heavy atom. The highest BCUT2D eigenvalue weighted by Gasteiger charge is 2.40. The summed E-state index contributed by atoms with van der Waals surface area (Å²) in [7, 11) is 0. The molecule has 2 saturated heterocycles. The summed E-state index contributed by atoms with van der Waals surface area (Å²) in [6.07, 6.45) is -0.118. The number of likely N-dealkylation sites (tertiary alicyclic amines) is 1. The van der Waals surface area contributed by atoms with E-state index in [1.165, 1.54) is 0 Å². The van der Waals surface area contributed by atoms with Gasteiger partial charge in [-0.2, -0.15) is 0 Å². The Morgan fingerprint density at radius 2 is 2.17 bits per heavy atom. The van der Waals surface area contributed by atoms with Gasteiger partial charge in [0.25, 0.3) is 0 Å². The van der Waals surface area contributed by atoms with Crippen LogP contribution in [-0.4, -0.2) is 49.1 Å². The van der Waals surface area contributed by atoms with Crippen LogP contribution in [0.1, 0.15) is 26.7 Å². The van der Waals surface area contributed by atoms with Crippen LogP contribution >= 0.6 is 0 Å². The number of hydrogen-bond acceptors (Lipinski definition) is 5. The molecule has 0 aromatic carbocycles. The lowest BCUT2D eigenvalue weighted by Crippen LogP contribution is -2.46. The number of amides is 1. The average molecular weight is 257 g/mol. The molecule has 2 aliphatic heterocycles. The van der Waals surface area contributed by atoms with E-state index in [4.69, 9.17) is 14.2 Å². The number of carbonyl (C=O) groups is 2. The Hall–Kier alpha value is -1.14. The summed E-state index contributed by atoms with van der Waals surface area (Å²) < 4.78 is 15.7. The van der Waals surface area contributed by atoms with Gasteiger partial charge in [0.15, 0.2) is 12.6 Å². The number of ketones is 1. The van der Waals surface area contributed by atoms with Crippen LogP contribution in [0.2, 0.25) is 0 Å². The smallest absolute Gasteiger partial charge is 0.409 e. The van der Waals surface area contributed by atoms with Gasteiger partial charge in [-0.25, -0.2) is 4.79 Å². The summed E-state index contributed by atoms with van der Waals surface area (Å²) in [5.74, 6) is -0.167. The van der Waals surface area contributed by atoms with Crippen molar-refractivity contribution >= 4 is 11.9 Å². The molecule has 0 aliphatic carbocycles. The number of nitrogens with zero attached hydrogens (tertiary/aromatic N) is 1. The van der Waals surface area contributed by atoms with E-state index in [9.17, 15) is 9.59 Å². The lowest BCUT2D eigenvalue weighted by Gasteiger charge is -2.37. The van der Waals surface area contributed by atoms with Crippen molar-refractivity contribution in [3.05, 3.63) is 0 Å². The van der Waals surface area contributed by atoms with Crippen molar-refractivity contribution in [3.63, 3.8) is 0 Å². The van der Waals surface area contributed by atoms with E-state index in [1.807, 2.05) is 0 Å². The maximum atomic E-state index is 11.9. The first-order valence-corrected chi connectivity index (χ1v) is 6.37. The third-order valence-corrected chi connectivity index (χ3v) is 3.26. The van der Waals surface area contributed by atoms with E-state index in [2.05, 4.69) is 0 Å². The largest absolute Gasteiger partial charge is 0.450 e. The van der Waals surface area contributed by atoms with Crippen LogP contribution in [0.4, 0.5) is 4.79 Å². The normalized spacial score (nSPS) is 32.7. The quantitative estimate of drug-likeness (QED) is 0.742. The maximum Gasteiger partial charge on any atom is 0.409 e. The first-order valence-electron chi connectivity index (χ1n) is 6.37. The molecular formula is C12H19NO5. The first kappa shape index (κ1) is 13.3. The zero-order valence-corrected chi connectivity index (χ0v) is 10.8. The second kappa shape index (κ2) is 5.67. The molecule has 0 spiro atoms. The first-order chi connectivity index (χ1) is 8.61. The molecular weight excluding hydrogens is 238 g/mol. The van der Waals surface area contributed by atoms with Gasteiger partial charge in [-0.3, -0.25) is 4.79 Å². The van der Waals surface area contributed by atoms with Crippen LogP contribution < -0.4 is 0 Å². The summed E-state index contributed by atoms with van der Waals surface area (Å²) in [5.41, 5.74) is 0. The zero-order chi connectivity index (χ0) is 13.1. The van der Waals surface area contributed by atoms with Gasteiger partial charge in [0.1, 0.15) is 5.78 Å². The Bertz CT molecular complexity index is 326. The minimum atomic E-state index is -0.436. The zero-order valence-electron chi connectivity index (χ0n) is 10.8. The van der Waals surface area contributed by atoms with Crippen LogP contribution in [-0.2, 0) is 19.0 Å². The van der Waals surface area contributed by atoms with E-state index in [0.29, 0.717) is 32.5 Å². The van der Waals surface area contributed by atoms with Gasteiger partial charge in [-0.1, -0.05) is 0 Å². The number of carbonyl (C=O) groups excluding carboxylic acids is 2. The topological polar surface area (TPSA) is 65.1 Å². The van der Waals surface area contributed by atoms with Crippen LogP contribution in [0.3, 0.4) is 0 Å². The van der Waals surface area contributed by atoms with E-state index in [1.54, 1.807) is 18.7 Å². The molecule has 1 unspecified atom stereocenters. The van der Waals surface area contributed by atoms with Crippen molar-refractivity contribution < 1.29 is 23.8 Å². The highest BCUT2D eigenvalue weighted by atomic mass is 16.9. The van der Waals surface area contributed by atoms with Crippen molar-refractivity contribution in [2.75, 3.05) is 19.7 Å². The molecule has 0 saturated carbocycles. The van der Waals surface area contributed by atoms with Crippen LogP contribution in [0.25, 0.3) is 0 Å². The van der Waals surface area contributed by atoms with Crippen LogP contribution in [0.15, 0.2) is 0 Å². The van der Waals surface area contributed by atoms with E-state index in [0.717, 1.165) is 0 Å². The Kier molecular flexibility index (Phi) is 4.19. The van der Waals surface area contributed by atoms with Gasteiger partial charge in [0, 0.05) is 19.5 Å². The summed E-state index contributed by atoms with van der Waals surface area (Å²) in [6, 6.07) is 0. The number of Topliss-reactive ketones (excluding diaryl/α,β-unsaturated/α-hetero) is 1. The Labute approximate surface area is 106 Å². The monoisotopic (exact) mass is 257 g/mol. The van der Waals surface area contributed by atoms with Gasteiger partial charge in [0.05, 0.1) is 12.5 Å². The van der Waals surface area contributed by atoms with Crippen molar-refractivity contribution in [1.82, 2.24) is 4.90 Å². The lowest BCUT2D eigenvalue weighted by molar-refractivity contribution is -0.387. The standard InChI is InChI=1S/C12H19NO5/c1-3-16-12(15)13-6-4-9(10(14)5-7-13)11-17-8(2)18-11/h8-9,11H,3-7H2,1-2H3. The molecule has 0 radical (unpaired) electrons. The molecule has 18 heavy (non-hydrogen) atoms. The fraction of sp³-hybridized carbons (Fsp3) is 0.833. The molecule has 6 nitrogen and oxygen atoms in total. The highest BCUT2D eigenvalue weighted by Crippen LogP contribution is 2.29. The van der Waals surface area contributed by atoms with Crippen LogP contribution in [0, 0.1) is 5.92 Å². The molecule has 0 aromatic heterocycles. The predicted octanol–water partition coefficient (Wildman–Crippen LogP) is 1.14. The second-order valence-corrected chi connectivity index (χ2v) is 4.51.